The van der Waals surface area contributed by atoms with Gasteiger partial charge in [-0.15, -0.1) is 5.11 Å². The van der Waals surface area contributed by atoms with E-state index in [0.29, 0.717) is 23.7 Å². The van der Waals surface area contributed by atoms with Crippen molar-refractivity contribution in [2.75, 3.05) is 7.11 Å². The van der Waals surface area contributed by atoms with E-state index in [9.17, 15) is 5.11 Å². The van der Waals surface area contributed by atoms with Gasteiger partial charge in [-0.3, -0.25) is 0 Å². The molecule has 5 nitrogen and oxygen atoms in total. The lowest BCUT2D eigenvalue weighted by atomic mass is 10.2. The number of azo groups is 1. The van der Waals surface area contributed by atoms with Crippen LogP contribution in [0.3, 0.4) is 0 Å². The van der Waals surface area contributed by atoms with E-state index in [1.165, 1.54) is 0 Å². The Morgan fingerprint density at radius 3 is 2.28 bits per heavy atom. The average Bonchev–Trinajstić information content (AvgIpc) is 2.67. The molecule has 25 heavy (non-hydrogen) atoms. The highest BCUT2D eigenvalue weighted by molar-refractivity contribution is 5.55. The molecule has 1 N–H and O–H groups in total. The molecule has 0 bridgehead atoms. The van der Waals surface area contributed by atoms with Gasteiger partial charge >= 0.3 is 0 Å². The summed E-state index contributed by atoms with van der Waals surface area (Å²) in [4.78, 5) is 0. The first kappa shape index (κ1) is 16.5. The van der Waals surface area contributed by atoms with Gasteiger partial charge in [0.15, 0.2) is 0 Å². The summed E-state index contributed by atoms with van der Waals surface area (Å²) in [5.41, 5.74) is 2.08. The zero-order chi connectivity index (χ0) is 17.5. The minimum Gasteiger partial charge on any atom is -0.506 e. The first-order chi connectivity index (χ1) is 12.2. The molecule has 126 valence electrons. The summed E-state index contributed by atoms with van der Waals surface area (Å²) in [6.07, 6.45) is 0. The van der Waals surface area contributed by atoms with Crippen LogP contribution in [0.1, 0.15) is 5.56 Å². The van der Waals surface area contributed by atoms with Gasteiger partial charge in [0.05, 0.1) is 12.8 Å². The Kier molecular flexibility index (Phi) is 5.26. The molecule has 0 aliphatic heterocycles. The molecule has 0 heterocycles. The normalized spacial score (nSPS) is 10.8. The number of rotatable bonds is 6. The molecule has 0 saturated heterocycles. The summed E-state index contributed by atoms with van der Waals surface area (Å²) in [5.74, 6) is 1.41. The third kappa shape index (κ3) is 4.57. The quantitative estimate of drug-likeness (QED) is 0.614. The zero-order valence-corrected chi connectivity index (χ0v) is 13.8. The van der Waals surface area contributed by atoms with Gasteiger partial charge < -0.3 is 14.6 Å². The summed E-state index contributed by atoms with van der Waals surface area (Å²) in [7, 11) is 1.61. The fourth-order valence-electron chi connectivity index (χ4n) is 2.17. The molecule has 0 spiro atoms. The molecule has 0 radical (unpaired) electrons. The smallest absolute Gasteiger partial charge is 0.143 e. The third-order valence-electron chi connectivity index (χ3n) is 3.54. The Morgan fingerprint density at radius 2 is 1.56 bits per heavy atom. The fraction of sp³-hybridized carbons (Fsp3) is 0.100. The molecule has 0 aliphatic rings. The molecule has 0 aromatic heterocycles. The number of phenols is 1. The van der Waals surface area contributed by atoms with Gasteiger partial charge in [-0.2, -0.15) is 5.11 Å². The summed E-state index contributed by atoms with van der Waals surface area (Å²) in [6.45, 7) is 0.445. The molecular weight excluding hydrogens is 316 g/mol. The van der Waals surface area contributed by atoms with E-state index >= 15 is 0 Å². The number of nitrogens with zero attached hydrogens (tertiary/aromatic N) is 2. The van der Waals surface area contributed by atoms with Crippen LogP contribution in [0.15, 0.2) is 83.0 Å². The Bertz CT molecular complexity index is 847. The van der Waals surface area contributed by atoms with E-state index < -0.39 is 0 Å². The van der Waals surface area contributed by atoms with Crippen molar-refractivity contribution in [3.8, 4) is 17.2 Å². The Morgan fingerprint density at radius 1 is 0.840 bits per heavy atom. The number of ether oxygens (including phenoxy) is 2. The third-order valence-corrected chi connectivity index (χ3v) is 3.54. The fourth-order valence-corrected chi connectivity index (χ4v) is 2.17. The van der Waals surface area contributed by atoms with Crippen LogP contribution in [0.4, 0.5) is 11.4 Å². The highest BCUT2D eigenvalue weighted by Crippen LogP contribution is 2.32. The summed E-state index contributed by atoms with van der Waals surface area (Å²) in [6, 6.07) is 21.9. The number of hydrogen-bond donors (Lipinski definition) is 1. The molecule has 5 heteroatoms. The van der Waals surface area contributed by atoms with Crippen LogP contribution in [0.25, 0.3) is 0 Å². The van der Waals surface area contributed by atoms with Crippen molar-refractivity contribution in [2.45, 2.75) is 6.61 Å². The lowest BCUT2D eigenvalue weighted by molar-refractivity contribution is 0.306. The van der Waals surface area contributed by atoms with Crippen molar-refractivity contribution in [3.63, 3.8) is 0 Å². The van der Waals surface area contributed by atoms with E-state index in [0.717, 1.165) is 11.3 Å². The summed E-state index contributed by atoms with van der Waals surface area (Å²) in [5, 5.41) is 18.2. The van der Waals surface area contributed by atoms with Crippen molar-refractivity contribution >= 4 is 11.4 Å². The van der Waals surface area contributed by atoms with Crippen LogP contribution >= 0.6 is 0 Å². The van der Waals surface area contributed by atoms with E-state index in [1.54, 1.807) is 49.6 Å². The van der Waals surface area contributed by atoms with Crippen molar-refractivity contribution in [1.82, 2.24) is 0 Å². The van der Waals surface area contributed by atoms with Crippen molar-refractivity contribution in [3.05, 3.63) is 78.4 Å². The first-order valence-electron chi connectivity index (χ1n) is 7.80. The maximum atomic E-state index is 9.95. The van der Waals surface area contributed by atoms with Crippen LogP contribution < -0.4 is 9.47 Å². The van der Waals surface area contributed by atoms with E-state index in [4.69, 9.17) is 9.47 Å². The van der Waals surface area contributed by atoms with Crippen molar-refractivity contribution < 1.29 is 14.6 Å². The monoisotopic (exact) mass is 334 g/mol. The average molecular weight is 334 g/mol. The maximum Gasteiger partial charge on any atom is 0.143 e. The van der Waals surface area contributed by atoms with Crippen LogP contribution in [-0.2, 0) is 6.61 Å². The standard InChI is InChI=1S/C20H18N2O3/c1-24-17-9-7-16(8-10-17)21-22-19-13-18(11-12-20(19)23)25-14-15-5-3-2-4-6-15/h2-13,23H,14H2,1H3. The van der Waals surface area contributed by atoms with Gasteiger partial charge in [-0.25, -0.2) is 0 Å². The second-order valence-corrected chi connectivity index (χ2v) is 5.32. The molecule has 0 amide bonds. The van der Waals surface area contributed by atoms with Gasteiger partial charge in [-0.1, -0.05) is 30.3 Å². The molecule has 0 saturated carbocycles. The molecular formula is C20H18N2O3. The van der Waals surface area contributed by atoms with Crippen molar-refractivity contribution in [2.24, 2.45) is 10.2 Å². The van der Waals surface area contributed by atoms with Gasteiger partial charge in [0.2, 0.25) is 0 Å². The van der Waals surface area contributed by atoms with Crippen molar-refractivity contribution in [1.29, 1.82) is 0 Å². The highest BCUT2D eigenvalue weighted by Gasteiger charge is 2.04. The molecule has 0 atom stereocenters. The minimum absolute atomic E-state index is 0.0457. The number of benzene rings is 3. The Labute approximate surface area is 146 Å². The van der Waals surface area contributed by atoms with E-state index in [-0.39, 0.29) is 5.75 Å². The second kappa shape index (κ2) is 7.97. The maximum absolute atomic E-state index is 9.95. The molecule has 0 unspecified atom stereocenters. The minimum atomic E-state index is 0.0457. The lowest BCUT2D eigenvalue weighted by Gasteiger charge is -2.07. The van der Waals surface area contributed by atoms with Gasteiger partial charge in [0, 0.05) is 6.07 Å². The van der Waals surface area contributed by atoms with Crippen LogP contribution in [-0.4, -0.2) is 12.2 Å². The number of aromatic hydroxyl groups is 1. The predicted octanol–water partition coefficient (Wildman–Crippen LogP) is 5.40. The van der Waals surface area contributed by atoms with E-state index in [2.05, 4.69) is 10.2 Å². The first-order valence-corrected chi connectivity index (χ1v) is 7.80. The largest absolute Gasteiger partial charge is 0.506 e. The van der Waals surface area contributed by atoms with Gasteiger partial charge in [0.1, 0.15) is 29.5 Å². The van der Waals surface area contributed by atoms with Crippen LogP contribution in [0, 0.1) is 0 Å². The zero-order valence-electron chi connectivity index (χ0n) is 13.8. The SMILES string of the molecule is COc1ccc(N=Nc2cc(OCc3ccccc3)ccc2O)cc1. The molecule has 3 aromatic carbocycles. The predicted molar refractivity (Wildman–Crippen MR) is 96.1 cm³/mol. The Hall–Kier alpha value is -3.34. The summed E-state index contributed by atoms with van der Waals surface area (Å²) >= 11 is 0. The van der Waals surface area contributed by atoms with Gasteiger partial charge in [0.25, 0.3) is 0 Å². The second-order valence-electron chi connectivity index (χ2n) is 5.32. The number of methoxy groups -OCH3 is 1. The molecule has 0 aliphatic carbocycles. The topological polar surface area (TPSA) is 63.4 Å². The number of hydrogen-bond acceptors (Lipinski definition) is 5. The van der Waals surface area contributed by atoms with Crippen LogP contribution in [0.5, 0.6) is 17.2 Å². The van der Waals surface area contributed by atoms with E-state index in [1.807, 2.05) is 30.3 Å². The number of phenolic OH excluding ortho intramolecular Hbond substituents is 1. The Balaban J connectivity index is 1.71. The highest BCUT2D eigenvalue weighted by atomic mass is 16.5. The lowest BCUT2D eigenvalue weighted by Crippen LogP contribution is -1.94. The molecule has 3 rings (SSSR count). The molecule has 0 fully saturated rings. The van der Waals surface area contributed by atoms with Crippen LogP contribution in [0.2, 0.25) is 0 Å². The summed E-state index contributed by atoms with van der Waals surface area (Å²) < 4.78 is 10.8. The van der Waals surface area contributed by atoms with Gasteiger partial charge in [-0.05, 0) is 42.0 Å². The molecule has 3 aromatic rings.